The second-order valence-corrected chi connectivity index (χ2v) is 6.44. The number of methoxy groups -OCH3 is 1. The van der Waals surface area contributed by atoms with Gasteiger partial charge in [0.1, 0.15) is 16.5 Å². The minimum absolute atomic E-state index is 0.130. The van der Waals surface area contributed by atoms with Crippen LogP contribution in [-0.2, 0) is 14.8 Å². The van der Waals surface area contributed by atoms with Crippen LogP contribution in [0.1, 0.15) is 12.8 Å². The van der Waals surface area contributed by atoms with Gasteiger partial charge in [0, 0.05) is 19.8 Å². The Hall–Kier alpha value is -1.18. The van der Waals surface area contributed by atoms with Crippen molar-refractivity contribution >= 4 is 10.0 Å². The number of sulfonamides is 1. The van der Waals surface area contributed by atoms with Crippen LogP contribution in [0.15, 0.2) is 23.1 Å². The lowest BCUT2D eigenvalue weighted by Crippen LogP contribution is -2.32. The molecule has 1 aliphatic heterocycles. The third kappa shape index (κ3) is 3.68. The van der Waals surface area contributed by atoms with E-state index in [9.17, 15) is 12.8 Å². The molecule has 5 nitrogen and oxygen atoms in total. The molecule has 20 heavy (non-hydrogen) atoms. The van der Waals surface area contributed by atoms with Crippen molar-refractivity contribution in [1.82, 2.24) is 4.72 Å². The van der Waals surface area contributed by atoms with Crippen molar-refractivity contribution in [2.45, 2.75) is 17.7 Å². The molecule has 0 saturated carbocycles. The summed E-state index contributed by atoms with van der Waals surface area (Å²) in [6.45, 7) is 1.62. The lowest BCUT2D eigenvalue weighted by Gasteiger charge is -2.22. The molecule has 0 amide bonds. The summed E-state index contributed by atoms with van der Waals surface area (Å²) in [6.07, 6.45) is 1.64. The molecule has 0 aliphatic carbocycles. The lowest BCUT2D eigenvalue weighted by molar-refractivity contribution is 0.0678. The van der Waals surface area contributed by atoms with Gasteiger partial charge >= 0.3 is 0 Å². The molecule has 0 unspecified atom stereocenters. The van der Waals surface area contributed by atoms with Crippen LogP contribution in [0.4, 0.5) is 4.39 Å². The normalized spacial score (nSPS) is 17.1. The van der Waals surface area contributed by atoms with Crippen LogP contribution in [0.3, 0.4) is 0 Å². The fourth-order valence-electron chi connectivity index (χ4n) is 2.12. The van der Waals surface area contributed by atoms with Crippen LogP contribution in [0.25, 0.3) is 0 Å². The van der Waals surface area contributed by atoms with E-state index in [1.54, 1.807) is 0 Å². The van der Waals surface area contributed by atoms with E-state index in [0.29, 0.717) is 19.8 Å². The molecular formula is C13H18FNO4S. The highest BCUT2D eigenvalue weighted by atomic mass is 32.2. The Bertz CT molecular complexity index is 555. The quantitative estimate of drug-likeness (QED) is 0.896. The molecule has 112 valence electrons. The number of hydrogen-bond acceptors (Lipinski definition) is 4. The van der Waals surface area contributed by atoms with Gasteiger partial charge in [-0.15, -0.1) is 0 Å². The van der Waals surface area contributed by atoms with Crippen molar-refractivity contribution in [2.75, 3.05) is 26.9 Å². The van der Waals surface area contributed by atoms with Gasteiger partial charge in [-0.1, -0.05) is 0 Å². The summed E-state index contributed by atoms with van der Waals surface area (Å²) in [5.74, 6) is -0.235. The Balaban J connectivity index is 2.11. The molecular weight excluding hydrogens is 285 g/mol. The highest BCUT2D eigenvalue weighted by Crippen LogP contribution is 2.24. The van der Waals surface area contributed by atoms with E-state index in [2.05, 4.69) is 4.72 Å². The van der Waals surface area contributed by atoms with E-state index >= 15 is 0 Å². The fraction of sp³-hybridized carbons (Fsp3) is 0.538. The molecule has 0 atom stereocenters. The smallest absolute Gasteiger partial charge is 0.244 e. The number of hydrogen-bond donors (Lipinski definition) is 1. The third-order valence-electron chi connectivity index (χ3n) is 3.32. The number of halogens is 1. The van der Waals surface area contributed by atoms with E-state index in [0.717, 1.165) is 25.0 Å². The highest BCUT2D eigenvalue weighted by molar-refractivity contribution is 7.89. The maximum Gasteiger partial charge on any atom is 0.244 e. The van der Waals surface area contributed by atoms with E-state index in [1.165, 1.54) is 13.2 Å². The summed E-state index contributed by atoms with van der Waals surface area (Å²) >= 11 is 0. The van der Waals surface area contributed by atoms with Crippen LogP contribution in [0, 0.1) is 11.7 Å². The highest BCUT2D eigenvalue weighted by Gasteiger charge is 2.22. The Morgan fingerprint density at radius 1 is 1.40 bits per heavy atom. The van der Waals surface area contributed by atoms with Crippen molar-refractivity contribution in [3.63, 3.8) is 0 Å². The molecule has 0 spiro atoms. The van der Waals surface area contributed by atoms with Gasteiger partial charge in [0.05, 0.1) is 7.11 Å². The Kier molecular flexibility index (Phi) is 4.95. The number of benzene rings is 1. The average molecular weight is 303 g/mol. The monoisotopic (exact) mass is 303 g/mol. The van der Waals surface area contributed by atoms with Gasteiger partial charge in [-0.25, -0.2) is 17.5 Å². The van der Waals surface area contributed by atoms with E-state index in [4.69, 9.17) is 9.47 Å². The Morgan fingerprint density at radius 3 is 2.75 bits per heavy atom. The first-order chi connectivity index (χ1) is 9.53. The zero-order valence-corrected chi connectivity index (χ0v) is 12.1. The molecule has 2 rings (SSSR count). The second-order valence-electron chi connectivity index (χ2n) is 4.70. The van der Waals surface area contributed by atoms with Gasteiger partial charge < -0.3 is 9.47 Å². The standard InChI is InChI=1S/C13H18FNO4S/c1-18-12-3-2-11(14)8-13(12)20(16,17)15-9-10-4-6-19-7-5-10/h2-3,8,10,15H,4-7,9H2,1H3. The van der Waals surface area contributed by atoms with Crippen molar-refractivity contribution in [3.8, 4) is 5.75 Å². The Labute approximate surface area is 118 Å². The van der Waals surface area contributed by atoms with Gasteiger partial charge in [-0.2, -0.15) is 0 Å². The van der Waals surface area contributed by atoms with Gasteiger partial charge in [-0.05, 0) is 37.0 Å². The SMILES string of the molecule is COc1ccc(F)cc1S(=O)(=O)NCC1CCOCC1. The van der Waals surface area contributed by atoms with Crippen LogP contribution in [0.2, 0.25) is 0 Å². The molecule has 1 aliphatic rings. The predicted octanol–water partition coefficient (Wildman–Crippen LogP) is 1.54. The van der Waals surface area contributed by atoms with Crippen molar-refractivity contribution in [3.05, 3.63) is 24.0 Å². The average Bonchev–Trinajstić information content (AvgIpc) is 2.46. The summed E-state index contributed by atoms with van der Waals surface area (Å²) < 4.78 is 50.4. The third-order valence-corrected chi connectivity index (χ3v) is 4.76. The van der Waals surface area contributed by atoms with Crippen molar-refractivity contribution in [1.29, 1.82) is 0 Å². The van der Waals surface area contributed by atoms with Gasteiger partial charge in [0.2, 0.25) is 10.0 Å². The topological polar surface area (TPSA) is 64.6 Å². The second kappa shape index (κ2) is 6.51. The molecule has 1 N–H and O–H groups in total. The molecule has 1 aromatic rings. The fourth-order valence-corrected chi connectivity index (χ4v) is 3.41. The van der Waals surface area contributed by atoms with Crippen LogP contribution >= 0.6 is 0 Å². The first-order valence-electron chi connectivity index (χ1n) is 6.44. The number of ether oxygens (including phenoxy) is 2. The number of rotatable bonds is 5. The largest absolute Gasteiger partial charge is 0.495 e. The first kappa shape index (κ1) is 15.2. The molecule has 7 heteroatoms. The minimum atomic E-state index is -3.78. The lowest BCUT2D eigenvalue weighted by atomic mass is 10.0. The summed E-state index contributed by atoms with van der Waals surface area (Å²) in [4.78, 5) is -0.174. The molecule has 1 fully saturated rings. The summed E-state index contributed by atoms with van der Waals surface area (Å²) in [7, 11) is -2.43. The summed E-state index contributed by atoms with van der Waals surface area (Å²) in [6, 6.07) is 3.43. The zero-order chi connectivity index (χ0) is 14.6. The van der Waals surface area contributed by atoms with Crippen molar-refractivity contribution < 1.29 is 22.3 Å². The van der Waals surface area contributed by atoms with Crippen LogP contribution < -0.4 is 9.46 Å². The maximum absolute atomic E-state index is 13.2. The van der Waals surface area contributed by atoms with Gasteiger partial charge in [-0.3, -0.25) is 0 Å². The van der Waals surface area contributed by atoms with Crippen LogP contribution in [-0.4, -0.2) is 35.3 Å². The van der Waals surface area contributed by atoms with Crippen molar-refractivity contribution in [2.24, 2.45) is 5.92 Å². The van der Waals surface area contributed by atoms with E-state index in [-0.39, 0.29) is 16.6 Å². The zero-order valence-electron chi connectivity index (χ0n) is 11.3. The van der Waals surface area contributed by atoms with Gasteiger partial charge in [0.15, 0.2) is 0 Å². The predicted molar refractivity (Wildman–Crippen MR) is 71.7 cm³/mol. The molecule has 0 radical (unpaired) electrons. The summed E-state index contributed by atoms with van der Waals surface area (Å²) in [5, 5.41) is 0. The molecule has 1 heterocycles. The molecule has 1 saturated heterocycles. The first-order valence-corrected chi connectivity index (χ1v) is 7.92. The van der Waals surface area contributed by atoms with Crippen LogP contribution in [0.5, 0.6) is 5.75 Å². The summed E-state index contributed by atoms with van der Waals surface area (Å²) in [5.41, 5.74) is 0. The van der Waals surface area contributed by atoms with Gasteiger partial charge in [0.25, 0.3) is 0 Å². The number of nitrogens with one attached hydrogen (secondary N) is 1. The maximum atomic E-state index is 13.2. The van der Waals surface area contributed by atoms with E-state index < -0.39 is 15.8 Å². The molecule has 1 aromatic carbocycles. The molecule has 0 bridgehead atoms. The Morgan fingerprint density at radius 2 is 2.10 bits per heavy atom. The molecule has 0 aromatic heterocycles. The minimum Gasteiger partial charge on any atom is -0.495 e. The van der Waals surface area contributed by atoms with E-state index in [1.807, 2.05) is 0 Å².